The largest absolute Gasteiger partial charge is 0.462 e. The summed E-state index contributed by atoms with van der Waals surface area (Å²) in [5.41, 5.74) is -0.306. The van der Waals surface area contributed by atoms with Crippen LogP contribution in [0.1, 0.15) is 83.5 Å². The molecule has 0 saturated heterocycles. The van der Waals surface area contributed by atoms with Gasteiger partial charge < -0.3 is 24.1 Å². The highest BCUT2D eigenvalue weighted by molar-refractivity contribution is 5.93. The fourth-order valence-electron chi connectivity index (χ4n) is 3.22. The zero-order chi connectivity index (χ0) is 24.0. The number of benzene rings is 1. The summed E-state index contributed by atoms with van der Waals surface area (Å²) in [4.78, 5) is 23.5. The Morgan fingerprint density at radius 2 is 1.62 bits per heavy atom. The van der Waals surface area contributed by atoms with Gasteiger partial charge in [-0.25, -0.2) is 4.79 Å². The van der Waals surface area contributed by atoms with Crippen LogP contribution in [0.15, 0.2) is 24.3 Å². The van der Waals surface area contributed by atoms with Gasteiger partial charge in [-0.2, -0.15) is 0 Å². The lowest BCUT2D eigenvalue weighted by atomic mass is 9.97. The van der Waals surface area contributed by atoms with Crippen LogP contribution in [-0.4, -0.2) is 54.7 Å². The molecule has 0 amide bonds. The Bertz CT molecular complexity index is 701. The minimum absolute atomic E-state index is 0.185. The van der Waals surface area contributed by atoms with Crippen molar-refractivity contribution in [2.75, 3.05) is 26.4 Å². The molecule has 182 valence electrons. The van der Waals surface area contributed by atoms with Gasteiger partial charge in [-0.15, -0.1) is 0 Å². The molecule has 1 aromatic carbocycles. The van der Waals surface area contributed by atoms with Crippen LogP contribution in [0.3, 0.4) is 0 Å². The highest BCUT2D eigenvalue weighted by Crippen LogP contribution is 2.23. The predicted octanol–water partition coefficient (Wildman–Crippen LogP) is 4.69. The molecule has 7 nitrogen and oxygen atoms in total. The summed E-state index contributed by atoms with van der Waals surface area (Å²) in [6.45, 7) is 11.1. The van der Waals surface area contributed by atoms with Crippen LogP contribution in [0.25, 0.3) is 0 Å². The predicted molar refractivity (Wildman–Crippen MR) is 123 cm³/mol. The first kappa shape index (κ1) is 28.1. The summed E-state index contributed by atoms with van der Waals surface area (Å²) in [5.74, 6) is -0.802. The first-order valence-electron chi connectivity index (χ1n) is 11.5. The third-order valence-electron chi connectivity index (χ3n) is 5.36. The fourth-order valence-corrected chi connectivity index (χ4v) is 3.22. The SMILES string of the molecule is CCC(C)(CCCO)OCCCOC(C)(C)CCCOC(=O)c1ccccc1OC(C)=O. The van der Waals surface area contributed by atoms with Crippen LogP contribution < -0.4 is 4.74 Å². The van der Waals surface area contributed by atoms with E-state index in [1.54, 1.807) is 24.3 Å². The van der Waals surface area contributed by atoms with E-state index < -0.39 is 11.9 Å². The van der Waals surface area contributed by atoms with Crippen molar-refractivity contribution in [3.8, 4) is 5.75 Å². The number of aliphatic hydroxyl groups excluding tert-OH is 1. The maximum Gasteiger partial charge on any atom is 0.341 e. The normalized spacial score (nSPS) is 13.4. The quantitative estimate of drug-likeness (QED) is 0.221. The van der Waals surface area contributed by atoms with Crippen LogP contribution in [0.2, 0.25) is 0 Å². The smallest absolute Gasteiger partial charge is 0.341 e. The van der Waals surface area contributed by atoms with Gasteiger partial charge in [0.05, 0.1) is 17.8 Å². The molecule has 0 spiro atoms. The molecule has 1 aromatic rings. The van der Waals surface area contributed by atoms with E-state index in [1.165, 1.54) is 6.92 Å². The molecule has 1 atom stereocenters. The van der Waals surface area contributed by atoms with E-state index >= 15 is 0 Å². The number of ether oxygens (including phenoxy) is 4. The molecule has 1 N–H and O–H groups in total. The number of aliphatic hydroxyl groups is 1. The molecule has 1 rings (SSSR count). The fraction of sp³-hybridized carbons (Fsp3) is 0.680. The Morgan fingerprint density at radius 1 is 0.938 bits per heavy atom. The Kier molecular flexibility index (Phi) is 12.5. The number of carbonyl (C=O) groups excluding carboxylic acids is 2. The van der Waals surface area contributed by atoms with Crippen LogP contribution in [-0.2, 0) is 19.0 Å². The van der Waals surface area contributed by atoms with Crippen LogP contribution in [0.4, 0.5) is 0 Å². The van der Waals surface area contributed by atoms with Crippen LogP contribution in [0, 0.1) is 0 Å². The Morgan fingerprint density at radius 3 is 2.28 bits per heavy atom. The molecule has 0 heterocycles. The summed E-state index contributed by atoms with van der Waals surface area (Å²) in [5, 5.41) is 9.02. The highest BCUT2D eigenvalue weighted by Gasteiger charge is 2.23. The lowest BCUT2D eigenvalue weighted by Crippen LogP contribution is -2.30. The van der Waals surface area contributed by atoms with Gasteiger partial charge in [-0.1, -0.05) is 19.1 Å². The summed E-state index contributed by atoms with van der Waals surface area (Å²) < 4.78 is 22.4. The summed E-state index contributed by atoms with van der Waals surface area (Å²) >= 11 is 0. The Balaban J connectivity index is 2.30. The Hall–Kier alpha value is -1.96. The van der Waals surface area contributed by atoms with Crippen LogP contribution >= 0.6 is 0 Å². The number of rotatable bonds is 16. The average molecular weight is 453 g/mol. The van der Waals surface area contributed by atoms with Crippen molar-refractivity contribution in [3.63, 3.8) is 0 Å². The molecule has 0 aliphatic rings. The minimum Gasteiger partial charge on any atom is -0.462 e. The number of esters is 2. The van der Waals surface area contributed by atoms with Crippen molar-refractivity contribution in [1.29, 1.82) is 0 Å². The molecule has 32 heavy (non-hydrogen) atoms. The molecule has 7 heteroatoms. The summed E-state index contributed by atoms with van der Waals surface area (Å²) in [7, 11) is 0. The van der Waals surface area contributed by atoms with Crippen molar-refractivity contribution < 1.29 is 33.6 Å². The van der Waals surface area contributed by atoms with Gasteiger partial charge in [0.2, 0.25) is 0 Å². The van der Waals surface area contributed by atoms with Gasteiger partial charge in [0, 0.05) is 26.7 Å². The van der Waals surface area contributed by atoms with E-state index in [2.05, 4.69) is 13.8 Å². The molecule has 0 saturated carbocycles. The lowest BCUT2D eigenvalue weighted by molar-refractivity contribution is -0.131. The zero-order valence-corrected chi connectivity index (χ0v) is 20.3. The second kappa shape index (κ2) is 14.2. The second-order valence-corrected chi connectivity index (χ2v) is 8.77. The van der Waals surface area contributed by atoms with Crippen molar-refractivity contribution in [3.05, 3.63) is 29.8 Å². The number of hydrogen-bond acceptors (Lipinski definition) is 7. The molecule has 0 aromatic heterocycles. The van der Waals surface area contributed by atoms with Gasteiger partial charge in [0.1, 0.15) is 11.3 Å². The van der Waals surface area contributed by atoms with E-state index in [0.717, 1.165) is 32.1 Å². The lowest BCUT2D eigenvalue weighted by Gasteiger charge is -2.29. The molecular formula is C25H40O7. The highest BCUT2D eigenvalue weighted by atomic mass is 16.5. The molecule has 1 unspecified atom stereocenters. The minimum atomic E-state index is -0.516. The van der Waals surface area contributed by atoms with Gasteiger partial charge in [-0.3, -0.25) is 4.79 Å². The van der Waals surface area contributed by atoms with E-state index in [4.69, 9.17) is 24.1 Å². The van der Waals surface area contributed by atoms with Gasteiger partial charge in [0.15, 0.2) is 0 Å². The van der Waals surface area contributed by atoms with E-state index in [-0.39, 0.29) is 35.7 Å². The first-order chi connectivity index (χ1) is 15.1. The van der Waals surface area contributed by atoms with Crippen molar-refractivity contribution in [2.45, 2.75) is 84.3 Å². The topological polar surface area (TPSA) is 91.3 Å². The third-order valence-corrected chi connectivity index (χ3v) is 5.36. The third kappa shape index (κ3) is 11.1. The van der Waals surface area contributed by atoms with Crippen molar-refractivity contribution >= 4 is 11.9 Å². The second-order valence-electron chi connectivity index (χ2n) is 8.77. The number of carbonyl (C=O) groups is 2. The van der Waals surface area contributed by atoms with Gasteiger partial charge in [0.25, 0.3) is 0 Å². The van der Waals surface area contributed by atoms with Gasteiger partial charge in [-0.05, 0) is 71.4 Å². The van der Waals surface area contributed by atoms with Gasteiger partial charge >= 0.3 is 11.9 Å². The summed E-state index contributed by atoms with van der Waals surface area (Å²) in [6, 6.07) is 6.52. The molecule has 0 aliphatic carbocycles. The van der Waals surface area contributed by atoms with Crippen LogP contribution in [0.5, 0.6) is 5.75 Å². The molecular weight excluding hydrogens is 412 g/mol. The standard InChI is InChI=1S/C25H40O7/c1-6-25(5,15-9-16-26)31-19-11-18-30-24(3,4)14-10-17-29-23(28)21-12-7-8-13-22(21)32-20(2)27/h7-8,12-13,26H,6,9-11,14-19H2,1-5H3. The van der Waals surface area contributed by atoms with E-state index in [0.29, 0.717) is 19.6 Å². The first-order valence-corrected chi connectivity index (χ1v) is 11.5. The van der Waals surface area contributed by atoms with E-state index in [9.17, 15) is 9.59 Å². The maximum absolute atomic E-state index is 12.3. The van der Waals surface area contributed by atoms with Crippen molar-refractivity contribution in [2.24, 2.45) is 0 Å². The molecule has 0 aliphatic heterocycles. The summed E-state index contributed by atoms with van der Waals surface area (Å²) in [6.07, 6.45) is 4.67. The monoisotopic (exact) mass is 452 g/mol. The zero-order valence-electron chi connectivity index (χ0n) is 20.3. The average Bonchev–Trinajstić information content (AvgIpc) is 2.75. The molecule has 0 fully saturated rings. The molecule has 0 bridgehead atoms. The van der Waals surface area contributed by atoms with Crippen molar-refractivity contribution in [1.82, 2.24) is 0 Å². The molecule has 0 radical (unpaired) electrons. The maximum atomic E-state index is 12.3. The number of para-hydroxylation sites is 1. The Labute approximate surface area is 192 Å². The number of hydrogen-bond donors (Lipinski definition) is 1. The van der Waals surface area contributed by atoms with E-state index in [1.807, 2.05) is 13.8 Å².